The molecule has 9 heteroatoms. The fraction of sp³-hybridized carbons (Fsp3) is 0.222. The zero-order valence-corrected chi connectivity index (χ0v) is 14.5. The minimum Gasteiger partial charge on any atom is -0.465 e. The predicted octanol–water partition coefficient (Wildman–Crippen LogP) is 3.27. The standard InChI is InChI=1S/C18H15F3N4O2/c1-25-23-16(22-24-25)15-10-13(17(26)27-2)6-5-12(15)9-11-3-7-14(8-4-11)18(19,20)21/h3-8,10H,9H2,1-2H3. The van der Waals surface area contributed by atoms with Crippen LogP contribution in [0.1, 0.15) is 27.0 Å². The summed E-state index contributed by atoms with van der Waals surface area (Å²) in [5.41, 5.74) is 1.60. The normalized spacial score (nSPS) is 11.4. The Balaban J connectivity index is 1.98. The van der Waals surface area contributed by atoms with Crippen molar-refractivity contribution in [2.45, 2.75) is 12.6 Å². The summed E-state index contributed by atoms with van der Waals surface area (Å²) in [6.07, 6.45) is -4.04. The maximum absolute atomic E-state index is 12.7. The highest BCUT2D eigenvalue weighted by Gasteiger charge is 2.30. The molecule has 0 atom stereocenters. The number of alkyl halides is 3. The first kappa shape index (κ1) is 18.6. The summed E-state index contributed by atoms with van der Waals surface area (Å²) >= 11 is 0. The van der Waals surface area contributed by atoms with Crippen molar-refractivity contribution in [3.8, 4) is 11.4 Å². The SMILES string of the molecule is COC(=O)c1ccc(Cc2ccc(C(F)(F)F)cc2)c(-c2nnn(C)n2)c1. The average Bonchev–Trinajstić information content (AvgIpc) is 3.07. The average molecular weight is 376 g/mol. The Morgan fingerprint density at radius 1 is 1.15 bits per heavy atom. The second-order valence-corrected chi connectivity index (χ2v) is 5.84. The molecule has 0 N–H and O–H groups in total. The lowest BCUT2D eigenvalue weighted by Crippen LogP contribution is -2.05. The van der Waals surface area contributed by atoms with Crippen molar-refractivity contribution < 1.29 is 22.7 Å². The van der Waals surface area contributed by atoms with E-state index in [1.54, 1.807) is 25.2 Å². The first-order valence-electron chi connectivity index (χ1n) is 7.89. The number of benzene rings is 2. The quantitative estimate of drug-likeness (QED) is 0.654. The molecular weight excluding hydrogens is 361 g/mol. The van der Waals surface area contributed by atoms with Crippen LogP contribution in [0.15, 0.2) is 42.5 Å². The summed E-state index contributed by atoms with van der Waals surface area (Å²) in [6, 6.07) is 9.80. The molecule has 1 aromatic heterocycles. The number of tetrazole rings is 1. The van der Waals surface area contributed by atoms with Crippen LogP contribution < -0.4 is 0 Å². The van der Waals surface area contributed by atoms with E-state index < -0.39 is 17.7 Å². The minimum absolute atomic E-state index is 0.310. The van der Waals surface area contributed by atoms with E-state index in [1.807, 2.05) is 0 Å². The van der Waals surface area contributed by atoms with Crippen LogP contribution in [-0.4, -0.2) is 33.3 Å². The van der Waals surface area contributed by atoms with Gasteiger partial charge in [0.1, 0.15) is 0 Å². The van der Waals surface area contributed by atoms with Gasteiger partial charge in [0.15, 0.2) is 0 Å². The molecule has 0 saturated heterocycles. The molecule has 0 saturated carbocycles. The summed E-state index contributed by atoms with van der Waals surface area (Å²) in [5, 5.41) is 11.9. The van der Waals surface area contributed by atoms with E-state index in [-0.39, 0.29) is 0 Å². The molecule has 140 valence electrons. The zero-order chi connectivity index (χ0) is 19.6. The third-order valence-electron chi connectivity index (χ3n) is 3.96. The van der Waals surface area contributed by atoms with Gasteiger partial charge < -0.3 is 4.74 Å². The van der Waals surface area contributed by atoms with Gasteiger partial charge in [-0.05, 0) is 47.0 Å². The van der Waals surface area contributed by atoms with Gasteiger partial charge in [-0.1, -0.05) is 18.2 Å². The molecule has 27 heavy (non-hydrogen) atoms. The molecule has 0 spiro atoms. The van der Waals surface area contributed by atoms with Crippen LogP contribution in [0.4, 0.5) is 13.2 Å². The van der Waals surface area contributed by atoms with Gasteiger partial charge in [-0.2, -0.15) is 18.0 Å². The smallest absolute Gasteiger partial charge is 0.416 e. The van der Waals surface area contributed by atoms with Gasteiger partial charge in [0.2, 0.25) is 5.82 Å². The van der Waals surface area contributed by atoms with Crippen molar-refractivity contribution in [2.24, 2.45) is 7.05 Å². The molecule has 0 amide bonds. The molecule has 3 aromatic rings. The van der Waals surface area contributed by atoms with Crippen LogP contribution in [0, 0.1) is 0 Å². The first-order valence-corrected chi connectivity index (χ1v) is 7.89. The molecule has 3 rings (SSSR count). The molecule has 0 bridgehead atoms. The number of carbonyl (C=O) groups is 1. The van der Waals surface area contributed by atoms with Crippen molar-refractivity contribution in [3.63, 3.8) is 0 Å². The van der Waals surface area contributed by atoms with Crippen LogP contribution in [0.3, 0.4) is 0 Å². The van der Waals surface area contributed by atoms with Gasteiger partial charge in [-0.3, -0.25) is 0 Å². The summed E-state index contributed by atoms with van der Waals surface area (Å²) in [5.74, 6) is -0.202. The Morgan fingerprint density at radius 3 is 2.41 bits per heavy atom. The van der Waals surface area contributed by atoms with Crippen LogP contribution in [0.5, 0.6) is 0 Å². The number of methoxy groups -OCH3 is 1. The molecule has 0 aliphatic carbocycles. The van der Waals surface area contributed by atoms with Gasteiger partial charge in [0.25, 0.3) is 0 Å². The predicted molar refractivity (Wildman–Crippen MR) is 89.8 cm³/mol. The Morgan fingerprint density at radius 2 is 1.85 bits per heavy atom. The van der Waals surface area contributed by atoms with Crippen LogP contribution in [-0.2, 0) is 24.4 Å². The lowest BCUT2D eigenvalue weighted by molar-refractivity contribution is -0.137. The zero-order valence-electron chi connectivity index (χ0n) is 14.5. The fourth-order valence-electron chi connectivity index (χ4n) is 2.61. The van der Waals surface area contributed by atoms with Gasteiger partial charge in [-0.15, -0.1) is 10.2 Å². The third-order valence-corrected chi connectivity index (χ3v) is 3.96. The molecule has 0 aliphatic heterocycles. The van der Waals surface area contributed by atoms with E-state index in [2.05, 4.69) is 15.4 Å². The number of nitrogens with zero attached hydrogens (tertiary/aromatic N) is 4. The van der Waals surface area contributed by atoms with Gasteiger partial charge in [0, 0.05) is 5.56 Å². The highest BCUT2D eigenvalue weighted by atomic mass is 19.4. The largest absolute Gasteiger partial charge is 0.465 e. The van der Waals surface area contributed by atoms with Crippen molar-refractivity contribution >= 4 is 5.97 Å². The minimum atomic E-state index is -4.38. The summed E-state index contributed by atoms with van der Waals surface area (Å²) in [7, 11) is 2.88. The first-order chi connectivity index (χ1) is 12.8. The fourth-order valence-corrected chi connectivity index (χ4v) is 2.61. The highest BCUT2D eigenvalue weighted by molar-refractivity contribution is 5.91. The van der Waals surface area contributed by atoms with Gasteiger partial charge in [0.05, 0.1) is 25.3 Å². The number of hydrogen-bond donors (Lipinski definition) is 0. The van der Waals surface area contributed by atoms with E-state index in [0.29, 0.717) is 28.9 Å². The van der Waals surface area contributed by atoms with E-state index in [9.17, 15) is 18.0 Å². The molecular formula is C18H15F3N4O2. The number of ether oxygens (including phenoxy) is 1. The number of aryl methyl sites for hydroxylation is 1. The lowest BCUT2D eigenvalue weighted by atomic mass is 9.96. The molecule has 2 aromatic carbocycles. The number of hydrogen-bond acceptors (Lipinski definition) is 5. The van der Waals surface area contributed by atoms with Crippen molar-refractivity contribution in [3.05, 3.63) is 64.7 Å². The van der Waals surface area contributed by atoms with E-state index in [0.717, 1.165) is 17.7 Å². The maximum atomic E-state index is 12.7. The Labute approximate surface area is 152 Å². The topological polar surface area (TPSA) is 69.9 Å². The number of esters is 1. The summed E-state index contributed by atoms with van der Waals surface area (Å²) in [6.45, 7) is 0. The second kappa shape index (κ2) is 7.18. The van der Waals surface area contributed by atoms with E-state index in [1.165, 1.54) is 24.0 Å². The molecule has 1 heterocycles. The van der Waals surface area contributed by atoms with E-state index >= 15 is 0 Å². The van der Waals surface area contributed by atoms with Crippen LogP contribution in [0.2, 0.25) is 0 Å². The molecule has 6 nitrogen and oxygen atoms in total. The highest BCUT2D eigenvalue weighted by Crippen LogP contribution is 2.30. The number of carbonyl (C=O) groups excluding carboxylic acids is 1. The Bertz CT molecular complexity index is 965. The van der Waals surface area contributed by atoms with Gasteiger partial charge in [-0.25, -0.2) is 4.79 Å². The van der Waals surface area contributed by atoms with Crippen molar-refractivity contribution in [1.82, 2.24) is 20.2 Å². The monoisotopic (exact) mass is 376 g/mol. The van der Waals surface area contributed by atoms with Crippen molar-refractivity contribution in [2.75, 3.05) is 7.11 Å². The lowest BCUT2D eigenvalue weighted by Gasteiger charge is -2.10. The third kappa shape index (κ3) is 4.13. The number of aromatic nitrogens is 4. The maximum Gasteiger partial charge on any atom is 0.416 e. The van der Waals surface area contributed by atoms with E-state index in [4.69, 9.17) is 4.74 Å². The van der Waals surface area contributed by atoms with Crippen LogP contribution in [0.25, 0.3) is 11.4 Å². The Hall–Kier alpha value is -3.23. The molecule has 0 radical (unpaired) electrons. The molecule has 0 fully saturated rings. The summed E-state index contributed by atoms with van der Waals surface area (Å²) in [4.78, 5) is 13.1. The van der Waals surface area contributed by atoms with Crippen molar-refractivity contribution in [1.29, 1.82) is 0 Å². The Kier molecular flexibility index (Phi) is 4.93. The number of rotatable bonds is 4. The summed E-state index contributed by atoms with van der Waals surface area (Å²) < 4.78 is 42.9. The molecule has 0 unspecified atom stereocenters. The van der Waals surface area contributed by atoms with Crippen LogP contribution >= 0.6 is 0 Å². The molecule has 0 aliphatic rings. The second-order valence-electron chi connectivity index (χ2n) is 5.84. The number of halogens is 3. The van der Waals surface area contributed by atoms with Gasteiger partial charge >= 0.3 is 12.1 Å².